The zero-order valence-corrected chi connectivity index (χ0v) is 6.75. The van der Waals surface area contributed by atoms with Crippen LogP contribution in [0.2, 0.25) is 0 Å². The van der Waals surface area contributed by atoms with Crippen LogP contribution in [-0.4, -0.2) is 26.9 Å². The molecule has 2 heteroatoms. The van der Waals surface area contributed by atoms with E-state index in [4.69, 9.17) is 9.47 Å². The molecular formula is C9H13O2. The molecule has 1 radical (unpaired) electrons. The van der Waals surface area contributed by atoms with Gasteiger partial charge in [-0.2, -0.15) is 0 Å². The first-order chi connectivity index (χ1) is 5.43. The van der Waals surface area contributed by atoms with Gasteiger partial charge >= 0.3 is 0 Å². The molecule has 0 atom stereocenters. The summed E-state index contributed by atoms with van der Waals surface area (Å²) in [5, 5.41) is 0. The predicted octanol–water partition coefficient (Wildman–Crippen LogP) is 1.35. The summed E-state index contributed by atoms with van der Waals surface area (Å²) < 4.78 is 10.1. The maximum Gasteiger partial charge on any atom is 0.0704 e. The number of hydrogen-bond acceptors (Lipinski definition) is 2. The number of ether oxygens (including phenoxy) is 2. The summed E-state index contributed by atoms with van der Waals surface area (Å²) in [6, 6.07) is 0. The summed E-state index contributed by atoms with van der Waals surface area (Å²) in [6.07, 6.45) is 8.11. The van der Waals surface area contributed by atoms with Crippen LogP contribution in [0.1, 0.15) is 0 Å². The van der Waals surface area contributed by atoms with Gasteiger partial charge in [-0.25, -0.2) is 0 Å². The smallest absolute Gasteiger partial charge is 0.0704 e. The van der Waals surface area contributed by atoms with Crippen molar-refractivity contribution in [3.05, 3.63) is 30.2 Å². The third-order valence-electron chi connectivity index (χ3n) is 1.43. The van der Waals surface area contributed by atoms with E-state index in [1.165, 1.54) is 5.57 Å². The SMILES string of the molecule is COCCOCC1=CC=C[CH]1. The van der Waals surface area contributed by atoms with Crippen LogP contribution < -0.4 is 0 Å². The molecule has 0 N–H and O–H groups in total. The van der Waals surface area contributed by atoms with Crippen LogP contribution >= 0.6 is 0 Å². The van der Waals surface area contributed by atoms with Crippen molar-refractivity contribution in [2.75, 3.05) is 26.9 Å². The van der Waals surface area contributed by atoms with Crippen LogP contribution in [0.3, 0.4) is 0 Å². The second-order valence-corrected chi connectivity index (χ2v) is 2.34. The highest BCUT2D eigenvalue weighted by molar-refractivity contribution is 5.33. The fourth-order valence-electron chi connectivity index (χ4n) is 0.842. The predicted molar refractivity (Wildman–Crippen MR) is 44.2 cm³/mol. The van der Waals surface area contributed by atoms with Crippen LogP contribution in [0.5, 0.6) is 0 Å². The van der Waals surface area contributed by atoms with E-state index in [1.807, 2.05) is 24.6 Å². The summed E-state index contributed by atoms with van der Waals surface area (Å²) in [5.74, 6) is 0. The van der Waals surface area contributed by atoms with Gasteiger partial charge in [0.05, 0.1) is 19.8 Å². The van der Waals surface area contributed by atoms with Crippen molar-refractivity contribution in [1.29, 1.82) is 0 Å². The van der Waals surface area contributed by atoms with Gasteiger partial charge in [-0.15, -0.1) is 0 Å². The van der Waals surface area contributed by atoms with Crippen molar-refractivity contribution >= 4 is 0 Å². The molecule has 61 valence electrons. The van der Waals surface area contributed by atoms with E-state index in [-0.39, 0.29) is 0 Å². The Morgan fingerprint density at radius 1 is 1.27 bits per heavy atom. The molecule has 1 aliphatic carbocycles. The van der Waals surface area contributed by atoms with Crippen molar-refractivity contribution in [1.82, 2.24) is 0 Å². The Balaban J connectivity index is 1.95. The van der Waals surface area contributed by atoms with E-state index in [0.29, 0.717) is 19.8 Å². The summed E-state index contributed by atoms with van der Waals surface area (Å²) in [4.78, 5) is 0. The lowest BCUT2D eigenvalue weighted by atomic mass is 10.2. The average molecular weight is 153 g/mol. The minimum absolute atomic E-state index is 0.667. The number of allylic oxidation sites excluding steroid dienone is 3. The van der Waals surface area contributed by atoms with Gasteiger partial charge in [0, 0.05) is 13.5 Å². The minimum Gasteiger partial charge on any atom is -0.382 e. The van der Waals surface area contributed by atoms with Crippen molar-refractivity contribution < 1.29 is 9.47 Å². The molecule has 0 saturated heterocycles. The molecule has 0 saturated carbocycles. The Labute approximate surface area is 67.5 Å². The van der Waals surface area contributed by atoms with Crippen LogP contribution in [-0.2, 0) is 9.47 Å². The van der Waals surface area contributed by atoms with Crippen LogP contribution in [0, 0.1) is 6.42 Å². The van der Waals surface area contributed by atoms with E-state index in [2.05, 4.69) is 0 Å². The molecule has 0 aromatic rings. The zero-order chi connectivity index (χ0) is 7.94. The van der Waals surface area contributed by atoms with Crippen molar-refractivity contribution in [3.8, 4) is 0 Å². The summed E-state index contributed by atoms with van der Waals surface area (Å²) in [7, 11) is 1.67. The fourth-order valence-corrected chi connectivity index (χ4v) is 0.842. The largest absolute Gasteiger partial charge is 0.382 e. The van der Waals surface area contributed by atoms with Crippen LogP contribution in [0.25, 0.3) is 0 Å². The van der Waals surface area contributed by atoms with Gasteiger partial charge in [-0.1, -0.05) is 18.2 Å². The average Bonchev–Trinajstić information content (AvgIpc) is 2.50. The second kappa shape index (κ2) is 5.10. The maximum absolute atomic E-state index is 5.29. The maximum atomic E-state index is 5.29. The Kier molecular flexibility index (Phi) is 3.94. The summed E-state index contributed by atoms with van der Waals surface area (Å²) in [5.41, 5.74) is 1.22. The topological polar surface area (TPSA) is 18.5 Å². The molecule has 0 unspecified atom stereocenters. The van der Waals surface area contributed by atoms with Gasteiger partial charge in [0.15, 0.2) is 0 Å². The van der Waals surface area contributed by atoms with E-state index >= 15 is 0 Å². The van der Waals surface area contributed by atoms with E-state index in [1.54, 1.807) is 7.11 Å². The molecule has 1 aliphatic rings. The molecule has 0 bridgehead atoms. The molecule has 1 rings (SSSR count). The van der Waals surface area contributed by atoms with Crippen molar-refractivity contribution in [2.45, 2.75) is 0 Å². The van der Waals surface area contributed by atoms with Crippen LogP contribution in [0.4, 0.5) is 0 Å². The molecule has 0 fully saturated rings. The lowest BCUT2D eigenvalue weighted by molar-refractivity contribution is 0.0829. The lowest BCUT2D eigenvalue weighted by Gasteiger charge is -2.02. The molecular weight excluding hydrogens is 140 g/mol. The monoisotopic (exact) mass is 153 g/mol. The van der Waals surface area contributed by atoms with E-state index in [9.17, 15) is 0 Å². The molecule has 11 heavy (non-hydrogen) atoms. The first-order valence-electron chi connectivity index (χ1n) is 3.71. The molecule has 0 amide bonds. The first-order valence-corrected chi connectivity index (χ1v) is 3.71. The van der Waals surface area contributed by atoms with Gasteiger partial charge in [-0.05, 0) is 5.57 Å². The fraction of sp³-hybridized carbons (Fsp3) is 0.444. The van der Waals surface area contributed by atoms with Crippen LogP contribution in [0.15, 0.2) is 23.8 Å². The van der Waals surface area contributed by atoms with Gasteiger partial charge in [0.1, 0.15) is 0 Å². The highest BCUT2D eigenvalue weighted by Crippen LogP contribution is 2.08. The molecule has 0 heterocycles. The number of hydrogen-bond donors (Lipinski definition) is 0. The Bertz CT molecular complexity index is 159. The normalized spacial score (nSPS) is 15.5. The Morgan fingerprint density at radius 2 is 2.18 bits per heavy atom. The number of rotatable bonds is 5. The standard InChI is InChI=1S/C9H13O2/c1-10-6-7-11-8-9-4-2-3-5-9/h2-5H,6-8H2,1H3. The second-order valence-electron chi connectivity index (χ2n) is 2.34. The molecule has 0 aromatic heterocycles. The Morgan fingerprint density at radius 3 is 2.82 bits per heavy atom. The van der Waals surface area contributed by atoms with Crippen molar-refractivity contribution in [3.63, 3.8) is 0 Å². The van der Waals surface area contributed by atoms with E-state index in [0.717, 1.165) is 0 Å². The summed E-state index contributed by atoms with van der Waals surface area (Å²) >= 11 is 0. The number of methoxy groups -OCH3 is 1. The molecule has 0 aliphatic heterocycles. The van der Waals surface area contributed by atoms with Gasteiger partial charge in [-0.3, -0.25) is 0 Å². The third kappa shape index (κ3) is 3.35. The quantitative estimate of drug-likeness (QED) is 0.555. The van der Waals surface area contributed by atoms with Gasteiger partial charge in [0.2, 0.25) is 0 Å². The first kappa shape index (κ1) is 8.50. The third-order valence-corrected chi connectivity index (χ3v) is 1.43. The molecule has 2 nitrogen and oxygen atoms in total. The highest BCUT2D eigenvalue weighted by atomic mass is 16.5. The Hall–Kier alpha value is -0.600. The van der Waals surface area contributed by atoms with Gasteiger partial charge in [0.25, 0.3) is 0 Å². The van der Waals surface area contributed by atoms with Gasteiger partial charge < -0.3 is 9.47 Å². The lowest BCUT2D eigenvalue weighted by Crippen LogP contribution is -2.04. The molecule has 0 aromatic carbocycles. The minimum atomic E-state index is 0.667. The zero-order valence-electron chi connectivity index (χ0n) is 6.75. The summed E-state index contributed by atoms with van der Waals surface area (Å²) in [6.45, 7) is 2.03. The van der Waals surface area contributed by atoms with Crippen molar-refractivity contribution in [2.24, 2.45) is 0 Å². The molecule has 0 spiro atoms. The highest BCUT2D eigenvalue weighted by Gasteiger charge is 1.98. The van der Waals surface area contributed by atoms with E-state index < -0.39 is 0 Å².